The molecule has 0 radical (unpaired) electrons. The normalized spacial score (nSPS) is 30.6. The molecule has 2 atom stereocenters. The van der Waals surface area contributed by atoms with E-state index in [0.717, 1.165) is 11.6 Å². The summed E-state index contributed by atoms with van der Waals surface area (Å²) in [4.78, 5) is 0. The number of hydrogen-bond acceptors (Lipinski definition) is 5. The van der Waals surface area contributed by atoms with E-state index in [1.54, 1.807) is 0 Å². The van der Waals surface area contributed by atoms with Crippen molar-refractivity contribution in [2.24, 2.45) is 5.73 Å². The van der Waals surface area contributed by atoms with Crippen molar-refractivity contribution in [2.75, 3.05) is 0 Å². The molecule has 0 spiro atoms. The number of rotatable bonds is 3. The molecule has 0 saturated heterocycles. The van der Waals surface area contributed by atoms with Crippen molar-refractivity contribution in [3.63, 3.8) is 0 Å². The average Bonchev–Trinajstić information content (AvgIpc) is 3.00. The minimum Gasteiger partial charge on any atom is -0.328 e. The number of nitrogens with two attached hydrogens (primary N) is 1. The zero-order valence-electron chi connectivity index (χ0n) is 9.25. The molecular formula is C10H17N5S. The van der Waals surface area contributed by atoms with Crippen molar-refractivity contribution in [3.05, 3.63) is 0 Å². The number of nitrogens with zero attached hydrogens (tertiary/aromatic N) is 4. The fourth-order valence-electron chi connectivity index (χ4n) is 2.25. The van der Waals surface area contributed by atoms with E-state index in [1.807, 2.05) is 16.4 Å². The van der Waals surface area contributed by atoms with Gasteiger partial charge in [0.2, 0.25) is 5.16 Å². The summed E-state index contributed by atoms with van der Waals surface area (Å²) in [7, 11) is 0. The fraction of sp³-hybridized carbons (Fsp3) is 0.900. The van der Waals surface area contributed by atoms with Crippen molar-refractivity contribution in [3.8, 4) is 0 Å². The highest BCUT2D eigenvalue weighted by Crippen LogP contribution is 2.39. The summed E-state index contributed by atoms with van der Waals surface area (Å²) in [5.41, 5.74) is 5.99. The molecule has 2 aliphatic carbocycles. The summed E-state index contributed by atoms with van der Waals surface area (Å²) < 4.78 is 1.99. The van der Waals surface area contributed by atoms with Gasteiger partial charge in [0, 0.05) is 11.3 Å². The van der Waals surface area contributed by atoms with E-state index in [4.69, 9.17) is 5.73 Å². The van der Waals surface area contributed by atoms with E-state index in [0.29, 0.717) is 17.3 Å². The third-order valence-corrected chi connectivity index (χ3v) is 4.54. The molecule has 0 amide bonds. The number of aromatic nitrogens is 4. The second kappa shape index (κ2) is 4.33. The second-order valence-corrected chi connectivity index (χ2v) is 6.07. The Balaban J connectivity index is 1.66. The van der Waals surface area contributed by atoms with Gasteiger partial charge in [-0.2, -0.15) is 0 Å². The van der Waals surface area contributed by atoms with Gasteiger partial charge in [0.15, 0.2) is 0 Å². The summed E-state index contributed by atoms with van der Waals surface area (Å²) >= 11 is 1.82. The lowest BCUT2D eigenvalue weighted by atomic mass is 9.96. The maximum absolute atomic E-state index is 5.99. The molecule has 1 heterocycles. The lowest BCUT2D eigenvalue weighted by molar-refractivity contribution is 0.449. The van der Waals surface area contributed by atoms with Crippen molar-refractivity contribution < 1.29 is 0 Å². The highest BCUT2D eigenvalue weighted by Gasteiger charge is 2.29. The van der Waals surface area contributed by atoms with Gasteiger partial charge in [-0.3, -0.25) is 0 Å². The lowest BCUT2D eigenvalue weighted by Gasteiger charge is -2.25. The first-order chi connectivity index (χ1) is 7.83. The molecule has 2 saturated carbocycles. The maximum atomic E-state index is 5.99. The number of hydrogen-bond donors (Lipinski definition) is 1. The Labute approximate surface area is 99.2 Å². The van der Waals surface area contributed by atoms with Crippen LogP contribution in [-0.4, -0.2) is 31.5 Å². The van der Waals surface area contributed by atoms with Crippen LogP contribution in [0.1, 0.15) is 44.6 Å². The third kappa shape index (κ3) is 2.22. The predicted octanol–water partition coefficient (Wildman–Crippen LogP) is 1.37. The van der Waals surface area contributed by atoms with Gasteiger partial charge in [-0.25, -0.2) is 4.68 Å². The van der Waals surface area contributed by atoms with E-state index in [1.165, 1.54) is 32.1 Å². The lowest BCUT2D eigenvalue weighted by Crippen LogP contribution is -2.29. The molecule has 3 rings (SSSR count). The summed E-state index contributed by atoms with van der Waals surface area (Å²) in [6.07, 6.45) is 7.21. The van der Waals surface area contributed by atoms with Gasteiger partial charge in [-0.05, 0) is 42.5 Å². The molecule has 2 unspecified atom stereocenters. The Morgan fingerprint density at radius 2 is 2.12 bits per heavy atom. The van der Waals surface area contributed by atoms with Crippen LogP contribution in [0.3, 0.4) is 0 Å². The monoisotopic (exact) mass is 239 g/mol. The molecule has 0 aromatic carbocycles. The standard InChI is InChI=1S/C10H17N5S/c11-7-2-1-3-9(6-7)16-10-12-13-14-15(10)8-4-5-8/h7-9H,1-6,11H2. The first kappa shape index (κ1) is 10.5. The van der Waals surface area contributed by atoms with Gasteiger partial charge >= 0.3 is 0 Å². The van der Waals surface area contributed by atoms with Crippen molar-refractivity contribution in [1.82, 2.24) is 20.2 Å². The molecule has 0 bridgehead atoms. The van der Waals surface area contributed by atoms with Gasteiger partial charge < -0.3 is 5.73 Å². The van der Waals surface area contributed by atoms with Crippen LogP contribution < -0.4 is 5.73 Å². The largest absolute Gasteiger partial charge is 0.328 e. The summed E-state index contributed by atoms with van der Waals surface area (Å²) in [5, 5.41) is 13.6. The van der Waals surface area contributed by atoms with Crippen LogP contribution in [0.25, 0.3) is 0 Å². The van der Waals surface area contributed by atoms with Gasteiger partial charge in [0.05, 0.1) is 6.04 Å². The Morgan fingerprint density at radius 1 is 1.25 bits per heavy atom. The number of thioether (sulfide) groups is 1. The topological polar surface area (TPSA) is 69.6 Å². The molecule has 2 N–H and O–H groups in total. The maximum Gasteiger partial charge on any atom is 0.209 e. The van der Waals surface area contributed by atoms with Gasteiger partial charge in [0.25, 0.3) is 0 Å². The Bertz CT molecular complexity index is 362. The van der Waals surface area contributed by atoms with Crippen LogP contribution in [0, 0.1) is 0 Å². The first-order valence-electron chi connectivity index (χ1n) is 6.03. The summed E-state index contributed by atoms with van der Waals surface area (Å²) in [6.45, 7) is 0. The van der Waals surface area contributed by atoms with E-state index >= 15 is 0 Å². The van der Waals surface area contributed by atoms with Crippen molar-refractivity contribution in [2.45, 2.75) is 61.0 Å². The van der Waals surface area contributed by atoms with Gasteiger partial charge in [-0.1, -0.05) is 18.2 Å². The van der Waals surface area contributed by atoms with Crippen LogP contribution in [0.15, 0.2) is 5.16 Å². The summed E-state index contributed by atoms with van der Waals surface area (Å²) in [5.74, 6) is 0. The predicted molar refractivity (Wildman–Crippen MR) is 62.2 cm³/mol. The van der Waals surface area contributed by atoms with Crippen LogP contribution in [0.5, 0.6) is 0 Å². The third-order valence-electron chi connectivity index (χ3n) is 3.29. The quantitative estimate of drug-likeness (QED) is 0.862. The molecule has 16 heavy (non-hydrogen) atoms. The Morgan fingerprint density at radius 3 is 2.88 bits per heavy atom. The molecule has 1 aromatic heterocycles. The molecule has 1 aromatic rings. The zero-order valence-corrected chi connectivity index (χ0v) is 10.1. The molecular weight excluding hydrogens is 222 g/mol. The Kier molecular flexibility index (Phi) is 2.85. The van der Waals surface area contributed by atoms with Crippen LogP contribution in [-0.2, 0) is 0 Å². The van der Waals surface area contributed by atoms with Crippen molar-refractivity contribution >= 4 is 11.8 Å². The van der Waals surface area contributed by atoms with Gasteiger partial charge in [0.1, 0.15) is 0 Å². The number of tetrazole rings is 1. The van der Waals surface area contributed by atoms with E-state index in [2.05, 4.69) is 15.5 Å². The average molecular weight is 239 g/mol. The molecule has 2 fully saturated rings. The molecule has 5 nitrogen and oxygen atoms in total. The highest BCUT2D eigenvalue weighted by molar-refractivity contribution is 7.99. The molecule has 6 heteroatoms. The van der Waals surface area contributed by atoms with E-state index < -0.39 is 0 Å². The van der Waals surface area contributed by atoms with E-state index in [9.17, 15) is 0 Å². The summed E-state index contributed by atoms with van der Waals surface area (Å²) in [6, 6.07) is 0.936. The SMILES string of the molecule is NC1CCCC(Sc2nnnn2C2CC2)C1. The molecule has 88 valence electrons. The zero-order chi connectivity index (χ0) is 11.0. The van der Waals surface area contributed by atoms with Crippen molar-refractivity contribution in [1.29, 1.82) is 0 Å². The van der Waals surface area contributed by atoms with Crippen LogP contribution >= 0.6 is 11.8 Å². The smallest absolute Gasteiger partial charge is 0.209 e. The fourth-order valence-corrected chi connectivity index (χ4v) is 3.55. The highest BCUT2D eigenvalue weighted by atomic mass is 32.2. The first-order valence-corrected chi connectivity index (χ1v) is 6.91. The minimum absolute atomic E-state index is 0.372. The Hall–Kier alpha value is -0.620. The van der Waals surface area contributed by atoms with E-state index in [-0.39, 0.29) is 0 Å². The van der Waals surface area contributed by atoms with Crippen LogP contribution in [0.4, 0.5) is 0 Å². The minimum atomic E-state index is 0.372. The van der Waals surface area contributed by atoms with Gasteiger partial charge in [-0.15, -0.1) is 5.10 Å². The molecule has 0 aliphatic heterocycles. The van der Waals surface area contributed by atoms with Crippen LogP contribution in [0.2, 0.25) is 0 Å². The molecule has 2 aliphatic rings. The second-order valence-electron chi connectivity index (χ2n) is 4.80.